The first kappa shape index (κ1) is 18.2. The first-order valence-electron chi connectivity index (χ1n) is 8.86. The molecule has 0 saturated heterocycles. The molecule has 2 aromatic rings. The van der Waals surface area contributed by atoms with Gasteiger partial charge in [0.2, 0.25) is 0 Å². The highest BCUT2D eigenvalue weighted by molar-refractivity contribution is 5.77. The molecule has 0 fully saturated rings. The Morgan fingerprint density at radius 2 is 2.27 bits per heavy atom. The van der Waals surface area contributed by atoms with E-state index in [1.807, 2.05) is 29.8 Å². The molecule has 0 saturated carbocycles. The van der Waals surface area contributed by atoms with E-state index in [1.165, 1.54) is 0 Å². The van der Waals surface area contributed by atoms with Crippen LogP contribution < -0.4 is 20.1 Å². The van der Waals surface area contributed by atoms with Gasteiger partial charge in [-0.2, -0.15) is 5.10 Å². The Morgan fingerprint density at radius 3 is 3.08 bits per heavy atom. The first-order chi connectivity index (χ1) is 12.7. The largest absolute Gasteiger partial charge is 0.493 e. The number of hydrogen-bond donors (Lipinski definition) is 2. The molecule has 1 amide bonds. The van der Waals surface area contributed by atoms with Gasteiger partial charge < -0.3 is 20.1 Å². The fraction of sp³-hybridized carbons (Fsp3) is 0.500. The highest BCUT2D eigenvalue weighted by atomic mass is 16.5. The van der Waals surface area contributed by atoms with Gasteiger partial charge in [0.1, 0.15) is 12.2 Å². The lowest BCUT2D eigenvalue weighted by molar-refractivity contribution is -0.123. The molecule has 1 aromatic heterocycles. The van der Waals surface area contributed by atoms with E-state index in [4.69, 9.17) is 9.47 Å². The van der Waals surface area contributed by atoms with Crippen LogP contribution in [-0.4, -0.2) is 47.0 Å². The number of benzene rings is 1. The summed E-state index contributed by atoms with van der Waals surface area (Å²) in [6.45, 7) is 3.99. The number of hydrogen-bond acceptors (Lipinski definition) is 6. The minimum Gasteiger partial charge on any atom is -0.493 e. The number of nitrogens with zero attached hydrogens (tertiary/aromatic N) is 3. The number of likely N-dealkylation sites (N-methyl/N-ethyl adjacent to an activating group) is 1. The molecular weight excluding hydrogens is 334 g/mol. The highest BCUT2D eigenvalue weighted by Gasteiger charge is 2.19. The van der Waals surface area contributed by atoms with Gasteiger partial charge in [0.15, 0.2) is 18.1 Å². The minimum atomic E-state index is -0.148. The van der Waals surface area contributed by atoms with Crippen molar-refractivity contribution in [3.05, 3.63) is 35.9 Å². The minimum absolute atomic E-state index is 0.0237. The summed E-state index contributed by atoms with van der Waals surface area (Å²) in [4.78, 5) is 15.8. The van der Waals surface area contributed by atoms with Gasteiger partial charge in [0.25, 0.3) is 5.91 Å². The lowest BCUT2D eigenvalue weighted by Gasteiger charge is -2.23. The number of amides is 1. The Hall–Kier alpha value is -2.61. The maximum atomic E-state index is 11.5. The van der Waals surface area contributed by atoms with Gasteiger partial charge >= 0.3 is 0 Å². The standard InChI is InChI=1S/C18H25N5O3/c1-3-19-18(24)11-26-15-6-4-13(8-16(15)25-2)9-20-14-5-7-17-21-12-22-23(17)10-14/h4,6,8,12,14,20H,3,5,7,9-11H2,1-2H3,(H,19,24). The van der Waals surface area contributed by atoms with Crippen LogP contribution in [-0.2, 0) is 24.3 Å². The molecule has 8 nitrogen and oxygen atoms in total. The van der Waals surface area contributed by atoms with Gasteiger partial charge in [-0.05, 0) is 31.0 Å². The molecule has 140 valence electrons. The van der Waals surface area contributed by atoms with Crippen molar-refractivity contribution in [1.29, 1.82) is 0 Å². The van der Waals surface area contributed by atoms with E-state index in [0.717, 1.165) is 37.3 Å². The SMILES string of the molecule is CCNC(=O)COc1ccc(CNC2CCc3ncnn3C2)cc1OC. The normalized spacial score (nSPS) is 16.0. The molecule has 1 aromatic carbocycles. The molecule has 1 aliphatic heterocycles. The molecule has 1 atom stereocenters. The average molecular weight is 359 g/mol. The van der Waals surface area contributed by atoms with Crippen molar-refractivity contribution in [2.75, 3.05) is 20.3 Å². The molecule has 0 radical (unpaired) electrons. The molecule has 2 heterocycles. The second-order valence-electron chi connectivity index (χ2n) is 6.20. The Bertz CT molecular complexity index is 746. The second-order valence-corrected chi connectivity index (χ2v) is 6.20. The lowest BCUT2D eigenvalue weighted by Crippen LogP contribution is -2.37. The monoisotopic (exact) mass is 359 g/mol. The van der Waals surface area contributed by atoms with E-state index in [-0.39, 0.29) is 12.5 Å². The Balaban J connectivity index is 1.55. The zero-order valence-electron chi connectivity index (χ0n) is 15.2. The number of ether oxygens (including phenoxy) is 2. The van der Waals surface area contributed by atoms with E-state index in [2.05, 4.69) is 20.7 Å². The Labute approximate surface area is 152 Å². The van der Waals surface area contributed by atoms with Crippen molar-refractivity contribution < 1.29 is 14.3 Å². The summed E-state index contributed by atoms with van der Waals surface area (Å²) in [5, 5.41) is 10.5. The van der Waals surface area contributed by atoms with Crippen LogP contribution in [0.15, 0.2) is 24.5 Å². The number of carbonyl (C=O) groups excluding carboxylic acids is 1. The summed E-state index contributed by atoms with van der Waals surface area (Å²) >= 11 is 0. The van der Waals surface area contributed by atoms with Gasteiger partial charge in [0.05, 0.1) is 13.7 Å². The third-order valence-corrected chi connectivity index (χ3v) is 4.36. The number of rotatable bonds is 8. The molecular formula is C18H25N5O3. The quantitative estimate of drug-likeness (QED) is 0.728. The van der Waals surface area contributed by atoms with Gasteiger partial charge in [-0.1, -0.05) is 6.07 Å². The second kappa shape index (κ2) is 8.66. The smallest absolute Gasteiger partial charge is 0.257 e. The molecule has 0 spiro atoms. The molecule has 26 heavy (non-hydrogen) atoms. The zero-order valence-corrected chi connectivity index (χ0v) is 15.2. The van der Waals surface area contributed by atoms with E-state index < -0.39 is 0 Å². The fourth-order valence-electron chi connectivity index (χ4n) is 3.00. The van der Waals surface area contributed by atoms with Crippen LogP contribution in [0.1, 0.15) is 24.7 Å². The lowest BCUT2D eigenvalue weighted by atomic mass is 10.1. The summed E-state index contributed by atoms with van der Waals surface area (Å²) in [6, 6.07) is 6.12. The maximum Gasteiger partial charge on any atom is 0.257 e. The van der Waals surface area contributed by atoms with Crippen molar-refractivity contribution in [2.24, 2.45) is 0 Å². The summed E-state index contributed by atoms with van der Waals surface area (Å²) < 4.78 is 12.9. The third-order valence-electron chi connectivity index (χ3n) is 4.36. The van der Waals surface area contributed by atoms with Crippen LogP contribution >= 0.6 is 0 Å². The van der Waals surface area contributed by atoms with Crippen LogP contribution in [0.25, 0.3) is 0 Å². The first-order valence-corrected chi connectivity index (χ1v) is 8.86. The van der Waals surface area contributed by atoms with Gasteiger partial charge in [-0.3, -0.25) is 4.79 Å². The average Bonchev–Trinajstić information content (AvgIpc) is 3.13. The summed E-state index contributed by atoms with van der Waals surface area (Å²) in [6.07, 6.45) is 3.60. The van der Waals surface area contributed by atoms with Crippen LogP contribution in [0.5, 0.6) is 11.5 Å². The highest BCUT2D eigenvalue weighted by Crippen LogP contribution is 2.28. The van der Waals surface area contributed by atoms with E-state index >= 15 is 0 Å². The number of nitrogens with one attached hydrogen (secondary N) is 2. The van der Waals surface area contributed by atoms with Crippen molar-refractivity contribution in [3.8, 4) is 11.5 Å². The molecule has 8 heteroatoms. The predicted octanol–water partition coefficient (Wildman–Crippen LogP) is 0.906. The molecule has 3 rings (SSSR count). The Kier molecular flexibility index (Phi) is 6.06. The third kappa shape index (κ3) is 4.51. The molecule has 2 N–H and O–H groups in total. The molecule has 1 unspecified atom stereocenters. The fourth-order valence-corrected chi connectivity index (χ4v) is 3.00. The summed E-state index contributed by atoms with van der Waals surface area (Å²) in [5.41, 5.74) is 1.09. The zero-order chi connectivity index (χ0) is 18.4. The van der Waals surface area contributed by atoms with Crippen molar-refractivity contribution >= 4 is 5.91 Å². The van der Waals surface area contributed by atoms with Crippen LogP contribution in [0.2, 0.25) is 0 Å². The van der Waals surface area contributed by atoms with Crippen molar-refractivity contribution in [1.82, 2.24) is 25.4 Å². The molecule has 1 aliphatic rings. The number of carbonyl (C=O) groups is 1. The molecule has 0 aliphatic carbocycles. The predicted molar refractivity (Wildman–Crippen MR) is 96.1 cm³/mol. The van der Waals surface area contributed by atoms with E-state index in [1.54, 1.807) is 13.4 Å². The van der Waals surface area contributed by atoms with Crippen LogP contribution in [0, 0.1) is 0 Å². The number of methoxy groups -OCH3 is 1. The van der Waals surface area contributed by atoms with Crippen molar-refractivity contribution in [2.45, 2.75) is 38.9 Å². The number of aryl methyl sites for hydroxylation is 1. The number of aromatic nitrogens is 3. The Morgan fingerprint density at radius 1 is 1.38 bits per heavy atom. The summed E-state index contributed by atoms with van der Waals surface area (Å²) in [5.74, 6) is 2.09. The number of fused-ring (bicyclic) bond motifs is 1. The van der Waals surface area contributed by atoms with Crippen LogP contribution in [0.4, 0.5) is 0 Å². The van der Waals surface area contributed by atoms with Gasteiger partial charge in [0, 0.05) is 25.6 Å². The topological polar surface area (TPSA) is 90.3 Å². The van der Waals surface area contributed by atoms with E-state index in [0.29, 0.717) is 24.1 Å². The van der Waals surface area contributed by atoms with Gasteiger partial charge in [-0.25, -0.2) is 9.67 Å². The van der Waals surface area contributed by atoms with Crippen LogP contribution in [0.3, 0.4) is 0 Å². The molecule has 0 bridgehead atoms. The van der Waals surface area contributed by atoms with E-state index in [9.17, 15) is 4.79 Å². The van der Waals surface area contributed by atoms with Crippen molar-refractivity contribution in [3.63, 3.8) is 0 Å². The van der Waals surface area contributed by atoms with Gasteiger partial charge in [-0.15, -0.1) is 0 Å². The summed E-state index contributed by atoms with van der Waals surface area (Å²) in [7, 11) is 1.60. The maximum absolute atomic E-state index is 11.5.